The molecule has 8 nitrogen and oxygen atoms in total. The van der Waals surface area contributed by atoms with E-state index in [1.54, 1.807) is 36.9 Å². The van der Waals surface area contributed by atoms with Gasteiger partial charge in [0.15, 0.2) is 5.16 Å². The minimum Gasteiger partial charge on any atom is -0.466 e. The van der Waals surface area contributed by atoms with Crippen LogP contribution in [0.1, 0.15) is 44.4 Å². The number of aromatic amines is 1. The van der Waals surface area contributed by atoms with Crippen LogP contribution in [0.5, 0.6) is 0 Å². The van der Waals surface area contributed by atoms with Crippen LogP contribution in [0.25, 0.3) is 11.3 Å². The summed E-state index contributed by atoms with van der Waals surface area (Å²) < 4.78 is 10.1. The molecule has 0 radical (unpaired) electrons. The first-order valence-electron chi connectivity index (χ1n) is 12.5. The number of benzene rings is 1. The van der Waals surface area contributed by atoms with E-state index in [0.717, 1.165) is 35.6 Å². The topological polar surface area (TPSA) is 110 Å². The van der Waals surface area contributed by atoms with Gasteiger partial charge in [-0.3, -0.25) is 9.59 Å². The van der Waals surface area contributed by atoms with Gasteiger partial charge in [0, 0.05) is 28.7 Å². The first kappa shape index (κ1) is 28.5. The fourth-order valence-corrected chi connectivity index (χ4v) is 5.46. The van der Waals surface area contributed by atoms with Crippen LogP contribution in [-0.4, -0.2) is 46.9 Å². The number of aromatic nitrogens is 2. The number of ether oxygens (including phenoxy) is 2. The Labute approximate surface area is 225 Å². The SMILES string of the molecule is CCOC(=O)CC[C@H](Nc1ccc(CCCCSc2nc(-c3ccccc3)cc(=O)[nH]2)s1)C(=O)OCC. The molecule has 10 heteroatoms. The Morgan fingerprint density at radius 3 is 2.62 bits per heavy atom. The molecule has 0 amide bonds. The first-order chi connectivity index (χ1) is 18.0. The van der Waals surface area contributed by atoms with Crippen LogP contribution in [0.3, 0.4) is 0 Å². The minimum absolute atomic E-state index is 0.147. The number of nitrogens with one attached hydrogen (secondary N) is 2. The van der Waals surface area contributed by atoms with Crippen LogP contribution in [0.2, 0.25) is 0 Å². The summed E-state index contributed by atoms with van der Waals surface area (Å²) in [6.07, 6.45) is 3.32. The van der Waals surface area contributed by atoms with Gasteiger partial charge in [-0.1, -0.05) is 42.1 Å². The number of esters is 2. The van der Waals surface area contributed by atoms with Gasteiger partial charge >= 0.3 is 11.9 Å². The third-order valence-corrected chi connectivity index (χ3v) is 7.37. The fraction of sp³-hybridized carbons (Fsp3) is 0.407. The summed E-state index contributed by atoms with van der Waals surface area (Å²) in [4.78, 5) is 44.7. The van der Waals surface area contributed by atoms with Crippen molar-refractivity contribution in [3.05, 3.63) is 63.8 Å². The highest BCUT2D eigenvalue weighted by Gasteiger charge is 2.22. The van der Waals surface area contributed by atoms with Crippen molar-refractivity contribution >= 4 is 40.0 Å². The van der Waals surface area contributed by atoms with E-state index in [-0.39, 0.29) is 30.5 Å². The molecule has 37 heavy (non-hydrogen) atoms. The average molecular weight is 544 g/mol. The first-order valence-corrected chi connectivity index (χ1v) is 14.3. The Bertz CT molecular complexity index is 1200. The van der Waals surface area contributed by atoms with Crippen LogP contribution in [0.4, 0.5) is 5.00 Å². The average Bonchev–Trinajstić information content (AvgIpc) is 3.34. The van der Waals surface area contributed by atoms with Crippen molar-refractivity contribution in [2.75, 3.05) is 24.3 Å². The molecule has 3 aromatic rings. The molecule has 0 aliphatic carbocycles. The van der Waals surface area contributed by atoms with Gasteiger partial charge in [0.2, 0.25) is 0 Å². The standard InChI is InChI=1S/C27H33N3O5S2/c1-3-34-25(32)16-14-21(26(33)35-4-2)28-24-15-13-20(37-24)12-8-9-17-36-27-29-22(18-23(31)30-27)19-10-6-5-7-11-19/h5-7,10-11,13,15,18,21,28H,3-4,8-9,12,14,16-17H2,1-2H3,(H,29,30,31)/t21-/m0/s1. The lowest BCUT2D eigenvalue weighted by Crippen LogP contribution is -2.32. The molecule has 0 aliphatic rings. The summed E-state index contributed by atoms with van der Waals surface area (Å²) in [6, 6.07) is 14.6. The molecule has 198 valence electrons. The van der Waals surface area contributed by atoms with E-state index in [1.807, 2.05) is 36.4 Å². The van der Waals surface area contributed by atoms with Gasteiger partial charge in [-0.2, -0.15) is 0 Å². The van der Waals surface area contributed by atoms with E-state index >= 15 is 0 Å². The Morgan fingerprint density at radius 1 is 1.08 bits per heavy atom. The number of aryl methyl sites for hydroxylation is 1. The molecule has 0 spiro atoms. The number of hydrogen-bond acceptors (Lipinski definition) is 9. The number of anilines is 1. The number of unbranched alkanes of at least 4 members (excludes halogenated alkanes) is 1. The zero-order chi connectivity index (χ0) is 26.5. The van der Waals surface area contributed by atoms with E-state index in [1.165, 1.54) is 10.9 Å². The number of rotatable bonds is 15. The summed E-state index contributed by atoms with van der Waals surface area (Å²) in [6.45, 7) is 4.11. The maximum absolute atomic E-state index is 12.3. The lowest BCUT2D eigenvalue weighted by Gasteiger charge is -2.16. The van der Waals surface area contributed by atoms with Gasteiger partial charge in [0.1, 0.15) is 6.04 Å². The van der Waals surface area contributed by atoms with Crippen LogP contribution < -0.4 is 10.9 Å². The lowest BCUT2D eigenvalue weighted by molar-refractivity contribution is -0.145. The molecule has 0 saturated carbocycles. The smallest absolute Gasteiger partial charge is 0.328 e. The van der Waals surface area contributed by atoms with E-state index < -0.39 is 6.04 Å². The summed E-state index contributed by atoms with van der Waals surface area (Å²) in [5.74, 6) is 0.146. The van der Waals surface area contributed by atoms with Crippen molar-refractivity contribution in [3.8, 4) is 11.3 Å². The molecule has 2 aromatic heterocycles. The number of thiophene rings is 1. The van der Waals surface area contributed by atoms with E-state index in [0.29, 0.717) is 23.9 Å². The molecule has 1 aromatic carbocycles. The van der Waals surface area contributed by atoms with Crippen molar-refractivity contribution in [3.63, 3.8) is 0 Å². The van der Waals surface area contributed by atoms with Gasteiger partial charge in [0.05, 0.1) is 23.9 Å². The molecule has 3 rings (SSSR count). The van der Waals surface area contributed by atoms with E-state index in [4.69, 9.17) is 9.47 Å². The molecular weight excluding hydrogens is 510 g/mol. The normalized spacial score (nSPS) is 11.6. The molecule has 2 heterocycles. The van der Waals surface area contributed by atoms with Crippen molar-refractivity contribution in [1.82, 2.24) is 9.97 Å². The number of carbonyl (C=O) groups excluding carboxylic acids is 2. The van der Waals surface area contributed by atoms with E-state index in [2.05, 4.69) is 21.4 Å². The maximum atomic E-state index is 12.3. The third-order valence-electron chi connectivity index (χ3n) is 5.34. The zero-order valence-corrected chi connectivity index (χ0v) is 22.8. The Morgan fingerprint density at radius 2 is 1.86 bits per heavy atom. The molecule has 0 bridgehead atoms. The summed E-state index contributed by atoms with van der Waals surface area (Å²) >= 11 is 3.14. The van der Waals surface area contributed by atoms with Crippen LogP contribution >= 0.6 is 23.1 Å². The molecule has 0 saturated heterocycles. The number of nitrogens with zero attached hydrogens (tertiary/aromatic N) is 1. The van der Waals surface area contributed by atoms with Crippen molar-refractivity contribution in [1.29, 1.82) is 0 Å². The van der Waals surface area contributed by atoms with E-state index in [9.17, 15) is 14.4 Å². The predicted octanol–water partition coefficient (Wildman–Crippen LogP) is 5.30. The number of carbonyl (C=O) groups is 2. The highest BCUT2D eigenvalue weighted by molar-refractivity contribution is 7.99. The number of hydrogen-bond donors (Lipinski definition) is 2. The van der Waals surface area contributed by atoms with Gasteiger partial charge in [-0.05, 0) is 51.7 Å². The largest absolute Gasteiger partial charge is 0.466 e. The second-order valence-electron chi connectivity index (χ2n) is 8.17. The Balaban J connectivity index is 1.45. The van der Waals surface area contributed by atoms with Gasteiger partial charge in [-0.25, -0.2) is 9.78 Å². The third kappa shape index (κ3) is 9.70. The highest BCUT2D eigenvalue weighted by Crippen LogP contribution is 2.26. The van der Waals surface area contributed by atoms with Crippen LogP contribution in [0.15, 0.2) is 58.5 Å². The second-order valence-corrected chi connectivity index (χ2v) is 10.4. The zero-order valence-electron chi connectivity index (χ0n) is 21.2. The van der Waals surface area contributed by atoms with Gasteiger partial charge < -0.3 is 19.8 Å². The molecule has 0 unspecified atom stereocenters. The Hall–Kier alpha value is -3.11. The monoisotopic (exact) mass is 543 g/mol. The summed E-state index contributed by atoms with van der Waals surface area (Å²) in [5, 5.41) is 4.71. The summed E-state index contributed by atoms with van der Waals surface area (Å²) in [7, 11) is 0. The van der Waals surface area contributed by atoms with Gasteiger partial charge in [-0.15, -0.1) is 11.3 Å². The fourth-order valence-electron chi connectivity index (χ4n) is 3.58. The van der Waals surface area contributed by atoms with Crippen molar-refractivity contribution in [2.45, 2.75) is 57.1 Å². The van der Waals surface area contributed by atoms with Crippen LogP contribution in [-0.2, 0) is 25.5 Å². The van der Waals surface area contributed by atoms with Crippen molar-refractivity contribution < 1.29 is 19.1 Å². The minimum atomic E-state index is -0.603. The molecule has 1 atom stereocenters. The molecule has 0 aliphatic heterocycles. The maximum Gasteiger partial charge on any atom is 0.328 e. The quantitative estimate of drug-likeness (QED) is 0.115. The lowest BCUT2D eigenvalue weighted by atomic mass is 10.1. The second kappa shape index (κ2) is 15.2. The molecule has 0 fully saturated rings. The Kier molecular flexibility index (Phi) is 11.7. The molecular formula is C27H33N3O5S2. The highest BCUT2D eigenvalue weighted by atomic mass is 32.2. The van der Waals surface area contributed by atoms with Crippen LogP contribution in [0, 0.1) is 0 Å². The van der Waals surface area contributed by atoms with Crippen molar-refractivity contribution in [2.24, 2.45) is 0 Å². The number of H-pyrrole nitrogens is 1. The van der Waals surface area contributed by atoms with Gasteiger partial charge in [0.25, 0.3) is 5.56 Å². The number of thioether (sulfide) groups is 1. The molecule has 2 N–H and O–H groups in total. The summed E-state index contributed by atoms with van der Waals surface area (Å²) in [5.41, 5.74) is 1.44. The predicted molar refractivity (Wildman–Crippen MR) is 148 cm³/mol.